The van der Waals surface area contributed by atoms with E-state index in [0.29, 0.717) is 18.4 Å². The summed E-state index contributed by atoms with van der Waals surface area (Å²) in [5, 5.41) is 12.2. The lowest BCUT2D eigenvalue weighted by Gasteiger charge is -2.38. The molecule has 1 saturated carbocycles. The maximum atomic E-state index is 10.1. The molecule has 182 valence electrons. The Bertz CT molecular complexity index is 853. The van der Waals surface area contributed by atoms with Gasteiger partial charge in [0, 0.05) is 42.3 Å². The molecular weight excluding hydrogens is 428 g/mol. The molecule has 0 bridgehead atoms. The number of fused-ring (bicyclic) bond motifs is 1. The lowest BCUT2D eigenvalue weighted by Crippen LogP contribution is -2.43. The van der Waals surface area contributed by atoms with E-state index in [4.69, 9.17) is 4.74 Å². The molecule has 2 aliphatic rings. The normalized spacial score (nSPS) is 23.0. The predicted octanol–water partition coefficient (Wildman–Crippen LogP) is 5.95. The number of rotatable bonds is 10. The Hall–Kier alpha value is -1.30. The highest BCUT2D eigenvalue weighted by Crippen LogP contribution is 2.31. The molecule has 1 aromatic carbocycles. The van der Waals surface area contributed by atoms with Gasteiger partial charge in [0.15, 0.2) is 0 Å². The van der Waals surface area contributed by atoms with E-state index in [9.17, 15) is 5.11 Å². The number of nitrogens with zero attached hydrogens (tertiary/aromatic N) is 2. The summed E-state index contributed by atoms with van der Waals surface area (Å²) in [6, 6.07) is 8.29. The highest BCUT2D eigenvalue weighted by atomic mass is 32.2. The Balaban J connectivity index is 1.22. The summed E-state index contributed by atoms with van der Waals surface area (Å²) in [6.07, 6.45) is 15.1. The summed E-state index contributed by atoms with van der Waals surface area (Å²) in [5.41, 5.74) is 2.39. The molecule has 0 amide bonds. The number of aliphatic hydroxyl groups is 1. The van der Waals surface area contributed by atoms with Crippen molar-refractivity contribution in [2.45, 2.75) is 69.5 Å². The quantitative estimate of drug-likeness (QED) is 0.435. The van der Waals surface area contributed by atoms with Gasteiger partial charge in [-0.3, -0.25) is 4.98 Å². The van der Waals surface area contributed by atoms with Crippen molar-refractivity contribution in [3.63, 3.8) is 0 Å². The van der Waals surface area contributed by atoms with E-state index in [0.717, 1.165) is 35.9 Å². The first-order valence-electron chi connectivity index (χ1n) is 13.1. The van der Waals surface area contributed by atoms with Crippen LogP contribution in [0.3, 0.4) is 0 Å². The van der Waals surface area contributed by atoms with E-state index in [-0.39, 0.29) is 0 Å². The van der Waals surface area contributed by atoms with E-state index in [1.54, 1.807) is 7.11 Å². The zero-order chi connectivity index (χ0) is 22.9. The molecule has 1 N–H and O–H groups in total. The first-order valence-corrected chi connectivity index (χ1v) is 14.2. The molecule has 2 heterocycles. The molecule has 1 saturated heterocycles. The van der Waals surface area contributed by atoms with Crippen molar-refractivity contribution in [3.05, 3.63) is 36.0 Å². The Morgan fingerprint density at radius 1 is 1.09 bits per heavy atom. The highest BCUT2D eigenvalue weighted by molar-refractivity contribution is 7.99. The van der Waals surface area contributed by atoms with Crippen LogP contribution in [-0.2, 0) is 6.42 Å². The monoisotopic (exact) mass is 470 g/mol. The summed E-state index contributed by atoms with van der Waals surface area (Å²) in [7, 11) is 1.72. The number of aliphatic hydroxyl groups excluding tert-OH is 1. The van der Waals surface area contributed by atoms with Crippen LogP contribution in [0.15, 0.2) is 30.5 Å². The van der Waals surface area contributed by atoms with Gasteiger partial charge in [0.05, 0.1) is 12.6 Å². The van der Waals surface area contributed by atoms with Crippen LogP contribution in [0.4, 0.5) is 0 Å². The molecule has 5 heteroatoms. The summed E-state index contributed by atoms with van der Waals surface area (Å²) >= 11 is 2.21. The summed E-state index contributed by atoms with van der Waals surface area (Å²) in [5.74, 6) is 3.22. The van der Waals surface area contributed by atoms with Crippen molar-refractivity contribution in [1.29, 1.82) is 0 Å². The van der Waals surface area contributed by atoms with Gasteiger partial charge in [-0.25, -0.2) is 0 Å². The summed E-state index contributed by atoms with van der Waals surface area (Å²) in [6.45, 7) is 3.78. The number of pyridine rings is 1. The minimum absolute atomic E-state index is 0.326. The van der Waals surface area contributed by atoms with Crippen molar-refractivity contribution >= 4 is 22.7 Å². The summed E-state index contributed by atoms with van der Waals surface area (Å²) in [4.78, 5) is 7.13. The molecule has 4 rings (SSSR count). The number of benzene rings is 1. The summed E-state index contributed by atoms with van der Waals surface area (Å²) < 4.78 is 5.42. The van der Waals surface area contributed by atoms with Gasteiger partial charge >= 0.3 is 0 Å². The maximum Gasteiger partial charge on any atom is 0.119 e. The first-order chi connectivity index (χ1) is 16.3. The van der Waals surface area contributed by atoms with Gasteiger partial charge in [0.2, 0.25) is 0 Å². The smallest absolute Gasteiger partial charge is 0.119 e. The second-order valence-electron chi connectivity index (χ2n) is 10.0. The third-order valence-corrected chi connectivity index (χ3v) is 9.19. The molecule has 2 aromatic rings. The van der Waals surface area contributed by atoms with Crippen molar-refractivity contribution in [1.82, 2.24) is 9.88 Å². The fourth-order valence-corrected chi connectivity index (χ4v) is 7.15. The molecular formula is C28H42N2O2S. The Morgan fingerprint density at radius 2 is 1.94 bits per heavy atom. The fraction of sp³-hybridized carbons (Fsp3) is 0.679. The number of aryl methyl sites for hydroxylation is 1. The maximum absolute atomic E-state index is 10.1. The van der Waals surface area contributed by atoms with Gasteiger partial charge < -0.3 is 14.7 Å². The van der Waals surface area contributed by atoms with Crippen LogP contribution in [-0.4, -0.2) is 59.3 Å². The number of likely N-dealkylation sites (tertiary alicyclic amines) is 1. The SMILES string of the molecule is COc1ccc2nccc(CCC[C@@H]3CCN(CCSC4CCCCCC4)C[C@@H]3CO)c2c1. The number of thioether (sulfide) groups is 1. The van der Waals surface area contributed by atoms with Gasteiger partial charge in [0.1, 0.15) is 5.75 Å². The number of hydrogen-bond donors (Lipinski definition) is 1. The van der Waals surface area contributed by atoms with Crippen LogP contribution >= 0.6 is 11.8 Å². The average molecular weight is 471 g/mol. The largest absolute Gasteiger partial charge is 0.497 e. The van der Waals surface area contributed by atoms with Crippen molar-refractivity contribution in [2.24, 2.45) is 11.8 Å². The van der Waals surface area contributed by atoms with Crippen LogP contribution in [0, 0.1) is 11.8 Å². The lowest BCUT2D eigenvalue weighted by molar-refractivity contribution is 0.0710. The zero-order valence-corrected chi connectivity index (χ0v) is 21.2. The lowest BCUT2D eigenvalue weighted by atomic mass is 9.82. The van der Waals surface area contributed by atoms with Crippen molar-refractivity contribution in [3.8, 4) is 5.75 Å². The Morgan fingerprint density at radius 3 is 2.73 bits per heavy atom. The molecule has 2 fully saturated rings. The topological polar surface area (TPSA) is 45.6 Å². The molecule has 0 unspecified atom stereocenters. The second-order valence-corrected chi connectivity index (χ2v) is 11.4. The molecule has 2 atom stereocenters. The minimum Gasteiger partial charge on any atom is -0.497 e. The number of methoxy groups -OCH3 is 1. The zero-order valence-electron chi connectivity index (χ0n) is 20.4. The number of ether oxygens (including phenoxy) is 1. The molecule has 0 radical (unpaired) electrons. The number of aromatic nitrogens is 1. The molecule has 33 heavy (non-hydrogen) atoms. The molecule has 1 aromatic heterocycles. The molecule has 4 nitrogen and oxygen atoms in total. The predicted molar refractivity (Wildman–Crippen MR) is 140 cm³/mol. The van der Waals surface area contributed by atoms with Gasteiger partial charge in [-0.2, -0.15) is 11.8 Å². The highest BCUT2D eigenvalue weighted by Gasteiger charge is 2.28. The van der Waals surface area contributed by atoms with Crippen LogP contribution in [0.2, 0.25) is 0 Å². The van der Waals surface area contributed by atoms with E-state index < -0.39 is 0 Å². The molecule has 1 aliphatic carbocycles. The first kappa shape index (κ1) is 24.8. The van der Waals surface area contributed by atoms with Gasteiger partial charge in [-0.05, 0) is 86.7 Å². The molecule has 1 aliphatic heterocycles. The third-order valence-electron chi connectivity index (χ3n) is 7.83. The van der Waals surface area contributed by atoms with E-state index >= 15 is 0 Å². The van der Waals surface area contributed by atoms with Crippen molar-refractivity contribution < 1.29 is 9.84 Å². The van der Waals surface area contributed by atoms with Gasteiger partial charge in [-0.1, -0.05) is 25.7 Å². The van der Waals surface area contributed by atoms with E-state index in [1.165, 1.54) is 81.2 Å². The van der Waals surface area contributed by atoms with Crippen molar-refractivity contribution in [2.75, 3.05) is 39.1 Å². The Kier molecular flexibility index (Phi) is 9.75. The van der Waals surface area contributed by atoms with Gasteiger partial charge in [-0.15, -0.1) is 0 Å². The van der Waals surface area contributed by atoms with E-state index in [2.05, 4.69) is 33.8 Å². The third kappa shape index (κ3) is 7.10. The van der Waals surface area contributed by atoms with E-state index in [1.807, 2.05) is 18.3 Å². The average Bonchev–Trinajstić information content (AvgIpc) is 3.13. The second kappa shape index (κ2) is 13.0. The standard InChI is InChI=1S/C28H42N2O2S/c1-32-25-11-12-28-27(19-25)23(13-15-29-28)8-6-7-22-14-16-30(20-24(22)21-31)17-18-33-26-9-4-2-3-5-10-26/h11-13,15,19,22,24,26,31H,2-10,14,16-18,20-21H2,1H3/t22-,24-/m1/s1. The van der Waals surface area contributed by atoms with Crippen LogP contribution in [0.1, 0.15) is 63.4 Å². The van der Waals surface area contributed by atoms with Crippen LogP contribution in [0.5, 0.6) is 5.75 Å². The van der Waals surface area contributed by atoms with Crippen LogP contribution < -0.4 is 4.74 Å². The molecule has 0 spiro atoms. The minimum atomic E-state index is 0.326. The van der Waals surface area contributed by atoms with Crippen LogP contribution in [0.25, 0.3) is 10.9 Å². The number of hydrogen-bond acceptors (Lipinski definition) is 5. The Labute approximate surface area is 204 Å². The number of piperidine rings is 1. The fourth-order valence-electron chi connectivity index (χ4n) is 5.79. The van der Waals surface area contributed by atoms with Gasteiger partial charge in [0.25, 0.3) is 0 Å².